The van der Waals surface area contributed by atoms with E-state index in [9.17, 15) is 13.2 Å². The van der Waals surface area contributed by atoms with Crippen molar-refractivity contribution in [2.24, 2.45) is 0 Å². The van der Waals surface area contributed by atoms with Gasteiger partial charge in [0.25, 0.3) is 10.2 Å². The van der Waals surface area contributed by atoms with Gasteiger partial charge in [-0.1, -0.05) is 12.1 Å². The minimum atomic E-state index is -3.79. The minimum Gasteiger partial charge on any atom is -0.369 e. The number of benzene rings is 1. The second-order valence-corrected chi connectivity index (χ2v) is 11.9. The van der Waals surface area contributed by atoms with E-state index in [0.29, 0.717) is 26.2 Å². The van der Waals surface area contributed by atoms with Crippen LogP contribution in [0, 0.1) is 0 Å². The van der Waals surface area contributed by atoms with Crippen LogP contribution in [-0.4, -0.2) is 103 Å². The molecule has 1 amide bonds. The summed E-state index contributed by atoms with van der Waals surface area (Å²) in [4.78, 5) is 20.5. The van der Waals surface area contributed by atoms with Gasteiger partial charge in [0, 0.05) is 62.6 Å². The Kier molecular flexibility index (Phi) is 5.70. The summed E-state index contributed by atoms with van der Waals surface area (Å²) in [6, 6.07) is 10.2. The highest BCUT2D eigenvalue weighted by Gasteiger charge is 2.53. The molecule has 1 aromatic carbocycles. The summed E-state index contributed by atoms with van der Waals surface area (Å²) in [5, 5.41) is 1.06. The number of piperazine rings is 1. The third kappa shape index (κ3) is 4.18. The van der Waals surface area contributed by atoms with E-state index in [1.807, 2.05) is 30.3 Å². The summed E-state index contributed by atoms with van der Waals surface area (Å²) in [6.07, 6.45) is 2.42. The van der Waals surface area contributed by atoms with Crippen molar-refractivity contribution in [3.63, 3.8) is 0 Å². The van der Waals surface area contributed by atoms with Crippen molar-refractivity contribution in [3.05, 3.63) is 36.5 Å². The van der Waals surface area contributed by atoms with Gasteiger partial charge in [0.05, 0.1) is 12.1 Å². The van der Waals surface area contributed by atoms with Gasteiger partial charge in [0.2, 0.25) is 5.91 Å². The van der Waals surface area contributed by atoms with Gasteiger partial charge >= 0.3 is 0 Å². The molecule has 0 bridgehead atoms. The van der Waals surface area contributed by atoms with Crippen molar-refractivity contribution < 1.29 is 22.3 Å². The SMILES string of the molecule is O=C1CO[C@@]2(CCN(S(=O)(=O)N3CCN(c4ccc5cccnc5c4)CC3)CC2F)CN1C1CC1. The highest BCUT2D eigenvalue weighted by Crippen LogP contribution is 2.38. The number of anilines is 1. The number of alkyl halides is 1. The van der Waals surface area contributed by atoms with Crippen LogP contribution < -0.4 is 4.90 Å². The van der Waals surface area contributed by atoms with Gasteiger partial charge in [-0.15, -0.1) is 0 Å². The Morgan fingerprint density at radius 3 is 2.60 bits per heavy atom. The molecule has 2 aromatic rings. The second-order valence-electron chi connectivity index (χ2n) is 9.96. The van der Waals surface area contributed by atoms with Crippen LogP contribution in [0.3, 0.4) is 0 Å². The summed E-state index contributed by atoms with van der Waals surface area (Å²) in [5.74, 6) is -0.0968. The second kappa shape index (κ2) is 8.65. The lowest BCUT2D eigenvalue weighted by Gasteiger charge is -2.49. The molecule has 3 saturated heterocycles. The molecule has 4 heterocycles. The topological polar surface area (TPSA) is 86.3 Å². The van der Waals surface area contributed by atoms with Gasteiger partial charge in [0.15, 0.2) is 0 Å². The van der Waals surface area contributed by atoms with Crippen LogP contribution in [0.15, 0.2) is 36.5 Å². The maximum Gasteiger partial charge on any atom is 0.282 e. The van der Waals surface area contributed by atoms with Gasteiger partial charge < -0.3 is 14.5 Å². The number of piperidine rings is 1. The summed E-state index contributed by atoms with van der Waals surface area (Å²) in [7, 11) is -3.79. The molecule has 0 N–H and O–H groups in total. The number of fused-ring (bicyclic) bond motifs is 1. The largest absolute Gasteiger partial charge is 0.369 e. The lowest BCUT2D eigenvalue weighted by molar-refractivity contribution is -0.185. The molecule has 188 valence electrons. The van der Waals surface area contributed by atoms with Crippen LogP contribution in [0.4, 0.5) is 10.1 Å². The molecule has 3 aliphatic heterocycles. The third-order valence-corrected chi connectivity index (χ3v) is 9.80. The van der Waals surface area contributed by atoms with E-state index < -0.39 is 22.0 Å². The van der Waals surface area contributed by atoms with Crippen molar-refractivity contribution >= 4 is 32.7 Å². The number of nitrogens with zero attached hydrogens (tertiary/aromatic N) is 5. The molecule has 1 aromatic heterocycles. The highest BCUT2D eigenvalue weighted by molar-refractivity contribution is 7.86. The number of amides is 1. The van der Waals surface area contributed by atoms with Crippen LogP contribution in [-0.2, 0) is 19.7 Å². The molecule has 0 radical (unpaired) electrons. The molecule has 4 fully saturated rings. The van der Waals surface area contributed by atoms with Crippen molar-refractivity contribution in [2.75, 3.05) is 57.3 Å². The van der Waals surface area contributed by atoms with Crippen LogP contribution in [0.25, 0.3) is 10.9 Å². The zero-order valence-electron chi connectivity index (χ0n) is 19.6. The van der Waals surface area contributed by atoms with Crippen LogP contribution in [0.1, 0.15) is 19.3 Å². The van der Waals surface area contributed by atoms with E-state index in [-0.39, 0.29) is 44.6 Å². The fraction of sp³-hybridized carbons (Fsp3) is 0.583. The number of morpholine rings is 1. The quantitative estimate of drug-likeness (QED) is 0.627. The lowest BCUT2D eigenvalue weighted by atomic mass is 9.88. The fourth-order valence-corrected chi connectivity index (χ4v) is 7.07. The molecular formula is C24H30FN5O4S. The maximum atomic E-state index is 15.5. The molecule has 4 aliphatic rings. The van der Waals surface area contributed by atoms with Gasteiger partial charge in [-0.3, -0.25) is 9.78 Å². The Hall–Kier alpha value is -2.34. The molecule has 9 nitrogen and oxygen atoms in total. The van der Waals surface area contributed by atoms with Gasteiger partial charge in [0.1, 0.15) is 18.4 Å². The number of pyridine rings is 1. The van der Waals surface area contributed by atoms with E-state index in [4.69, 9.17) is 4.74 Å². The predicted molar refractivity (Wildman–Crippen MR) is 129 cm³/mol. The molecule has 1 saturated carbocycles. The molecule has 1 unspecified atom stereocenters. The molecular weight excluding hydrogens is 473 g/mol. The van der Waals surface area contributed by atoms with E-state index in [2.05, 4.69) is 9.88 Å². The Bertz CT molecular complexity index is 1230. The number of carbonyl (C=O) groups excluding carboxylic acids is 1. The van der Waals surface area contributed by atoms with Crippen LogP contribution in [0.2, 0.25) is 0 Å². The first kappa shape index (κ1) is 23.1. The highest BCUT2D eigenvalue weighted by atomic mass is 32.2. The van der Waals surface area contributed by atoms with Gasteiger partial charge in [-0.05, 0) is 37.5 Å². The normalized spacial score (nSPS) is 29.3. The van der Waals surface area contributed by atoms with E-state index in [1.54, 1.807) is 11.1 Å². The molecule has 2 atom stereocenters. The predicted octanol–water partition coefficient (Wildman–Crippen LogP) is 1.41. The van der Waals surface area contributed by atoms with Crippen molar-refractivity contribution in [3.8, 4) is 0 Å². The summed E-state index contributed by atoms with van der Waals surface area (Å²) >= 11 is 0. The number of rotatable bonds is 4. The van der Waals surface area contributed by atoms with Gasteiger partial charge in [-0.25, -0.2) is 4.39 Å². The fourth-order valence-electron chi connectivity index (χ4n) is 5.48. The summed E-state index contributed by atoms with van der Waals surface area (Å²) in [6.45, 7) is 1.80. The monoisotopic (exact) mass is 503 g/mol. The molecule has 35 heavy (non-hydrogen) atoms. The van der Waals surface area contributed by atoms with Crippen LogP contribution >= 0.6 is 0 Å². The number of hydrogen-bond donors (Lipinski definition) is 0. The maximum absolute atomic E-state index is 15.5. The first-order valence-corrected chi connectivity index (χ1v) is 13.7. The number of hydrogen-bond acceptors (Lipinski definition) is 6. The van der Waals surface area contributed by atoms with Crippen LogP contribution in [0.5, 0.6) is 0 Å². The zero-order chi connectivity index (χ0) is 24.2. The smallest absolute Gasteiger partial charge is 0.282 e. The number of aromatic nitrogens is 1. The zero-order valence-corrected chi connectivity index (χ0v) is 20.4. The summed E-state index contributed by atoms with van der Waals surface area (Å²) < 4.78 is 50.6. The average molecular weight is 504 g/mol. The van der Waals surface area contributed by atoms with Crippen molar-refractivity contribution in [2.45, 2.75) is 37.1 Å². The van der Waals surface area contributed by atoms with Crippen molar-refractivity contribution in [1.82, 2.24) is 18.5 Å². The average Bonchev–Trinajstić information content (AvgIpc) is 3.72. The Balaban J connectivity index is 1.10. The standard InChI is InChI=1S/C24H30FN5O4S/c25-22-15-29(9-7-24(22)17-30(19-5-6-19)23(31)16-34-24)35(32,33)28-12-10-27(11-13-28)20-4-3-18-2-1-8-26-21(18)14-20/h1-4,8,14,19,22H,5-7,9-13,15-17H2/t22?,24-/m0/s1. The first-order valence-electron chi connectivity index (χ1n) is 12.3. The molecule has 6 rings (SSSR count). The van der Waals surface area contributed by atoms with E-state index >= 15 is 4.39 Å². The van der Waals surface area contributed by atoms with Gasteiger partial charge in [-0.2, -0.15) is 17.0 Å². The summed E-state index contributed by atoms with van der Waals surface area (Å²) in [5.41, 5.74) is 0.815. The molecule has 11 heteroatoms. The number of ether oxygens (including phenoxy) is 1. The third-order valence-electron chi connectivity index (χ3n) is 7.79. The van der Waals surface area contributed by atoms with E-state index in [0.717, 1.165) is 29.4 Å². The molecule has 1 aliphatic carbocycles. The van der Waals surface area contributed by atoms with E-state index in [1.165, 1.54) is 8.61 Å². The first-order chi connectivity index (χ1) is 16.9. The lowest BCUT2D eigenvalue weighted by Crippen LogP contribution is -2.66. The number of halogens is 1. The Morgan fingerprint density at radius 1 is 1.06 bits per heavy atom. The number of carbonyl (C=O) groups is 1. The van der Waals surface area contributed by atoms with Crippen molar-refractivity contribution in [1.29, 1.82) is 0 Å². The Morgan fingerprint density at radius 2 is 1.86 bits per heavy atom. The molecule has 1 spiro atoms. The Labute approximate surface area is 204 Å². The minimum absolute atomic E-state index is 0.0968.